The van der Waals surface area contributed by atoms with E-state index < -0.39 is 0 Å². The number of amidine groups is 1. The van der Waals surface area contributed by atoms with Crippen LogP contribution >= 0.6 is 11.8 Å². The van der Waals surface area contributed by atoms with Crippen LogP contribution in [0.2, 0.25) is 0 Å². The van der Waals surface area contributed by atoms with Gasteiger partial charge in [-0.1, -0.05) is 42.1 Å². The third kappa shape index (κ3) is 3.78. The fourth-order valence-corrected chi connectivity index (χ4v) is 2.08. The number of benzene rings is 2. The molecule has 2 rings (SSSR count). The van der Waals surface area contributed by atoms with Crippen molar-refractivity contribution in [2.24, 2.45) is 10.7 Å². The number of hydrogen-bond donors (Lipinski definition) is 1. The molecule has 0 heterocycles. The smallest absolute Gasteiger partial charge is 0.153 e. The van der Waals surface area contributed by atoms with Gasteiger partial charge in [0, 0.05) is 0 Å². The number of aliphatic imine (C=N–C) groups is 1. The van der Waals surface area contributed by atoms with Gasteiger partial charge < -0.3 is 10.5 Å². The van der Waals surface area contributed by atoms with E-state index in [-0.39, 0.29) is 0 Å². The Morgan fingerprint density at radius 3 is 2.55 bits per heavy atom. The molecular formula is C16H18N2OS. The lowest BCUT2D eigenvalue weighted by Crippen LogP contribution is -2.05. The van der Waals surface area contributed by atoms with E-state index in [0.717, 1.165) is 22.4 Å². The highest BCUT2D eigenvalue weighted by Crippen LogP contribution is 2.24. The lowest BCUT2D eigenvalue weighted by atomic mass is 10.0. The SMILES string of the molecule is COc1cccc(-c2cccc(C/N=C(/N)SC)c2)c1. The molecule has 3 nitrogen and oxygen atoms in total. The van der Waals surface area contributed by atoms with Crippen LogP contribution in [-0.4, -0.2) is 18.5 Å². The number of nitrogens with two attached hydrogens (primary N) is 1. The normalized spacial score (nSPS) is 11.4. The van der Waals surface area contributed by atoms with Gasteiger partial charge in [-0.05, 0) is 41.1 Å². The van der Waals surface area contributed by atoms with Gasteiger partial charge in [0.25, 0.3) is 0 Å². The van der Waals surface area contributed by atoms with Crippen LogP contribution in [0.5, 0.6) is 5.75 Å². The number of hydrogen-bond acceptors (Lipinski definition) is 3. The number of ether oxygens (including phenoxy) is 1. The fraction of sp³-hybridized carbons (Fsp3) is 0.188. The van der Waals surface area contributed by atoms with Crippen LogP contribution in [0.25, 0.3) is 11.1 Å². The van der Waals surface area contributed by atoms with Gasteiger partial charge >= 0.3 is 0 Å². The molecule has 0 aliphatic rings. The van der Waals surface area contributed by atoms with Crippen LogP contribution in [0.3, 0.4) is 0 Å². The van der Waals surface area contributed by atoms with Crippen molar-refractivity contribution in [3.8, 4) is 16.9 Å². The molecule has 0 aromatic heterocycles. The van der Waals surface area contributed by atoms with E-state index in [1.165, 1.54) is 11.8 Å². The van der Waals surface area contributed by atoms with Gasteiger partial charge in [-0.15, -0.1) is 0 Å². The molecule has 0 aliphatic heterocycles. The molecule has 2 aromatic carbocycles. The summed E-state index contributed by atoms with van der Waals surface area (Å²) in [5.41, 5.74) is 9.13. The topological polar surface area (TPSA) is 47.6 Å². The van der Waals surface area contributed by atoms with Crippen molar-refractivity contribution in [2.75, 3.05) is 13.4 Å². The second-order valence-electron chi connectivity index (χ2n) is 4.29. The summed E-state index contributed by atoms with van der Waals surface area (Å²) in [5, 5.41) is 0.608. The summed E-state index contributed by atoms with van der Waals surface area (Å²) in [6.45, 7) is 0.602. The predicted molar refractivity (Wildman–Crippen MR) is 87.3 cm³/mol. The summed E-state index contributed by atoms with van der Waals surface area (Å²) < 4.78 is 5.26. The Morgan fingerprint density at radius 2 is 1.85 bits per heavy atom. The van der Waals surface area contributed by atoms with Crippen molar-refractivity contribution in [1.29, 1.82) is 0 Å². The first-order chi connectivity index (χ1) is 9.72. The van der Waals surface area contributed by atoms with Crippen molar-refractivity contribution in [1.82, 2.24) is 0 Å². The minimum Gasteiger partial charge on any atom is -0.497 e. The summed E-state index contributed by atoms with van der Waals surface area (Å²) in [6, 6.07) is 16.3. The van der Waals surface area contributed by atoms with Crippen LogP contribution < -0.4 is 10.5 Å². The molecule has 2 N–H and O–H groups in total. The van der Waals surface area contributed by atoms with Gasteiger partial charge in [0.15, 0.2) is 5.17 Å². The molecule has 0 spiro atoms. The molecule has 0 aliphatic carbocycles. The van der Waals surface area contributed by atoms with E-state index in [1.807, 2.05) is 30.5 Å². The Labute approximate surface area is 123 Å². The Kier molecular flexibility index (Phi) is 5.07. The lowest BCUT2D eigenvalue weighted by Gasteiger charge is -2.06. The molecule has 0 bridgehead atoms. The molecule has 0 radical (unpaired) electrons. The Bertz CT molecular complexity index is 611. The average molecular weight is 286 g/mol. The van der Waals surface area contributed by atoms with Gasteiger partial charge in [-0.3, -0.25) is 4.99 Å². The molecule has 0 fully saturated rings. The quantitative estimate of drug-likeness (QED) is 0.691. The summed E-state index contributed by atoms with van der Waals surface area (Å²) in [5.74, 6) is 0.859. The molecular weight excluding hydrogens is 268 g/mol. The van der Waals surface area contributed by atoms with Crippen LogP contribution in [0, 0.1) is 0 Å². The third-order valence-electron chi connectivity index (χ3n) is 2.96. The molecule has 0 atom stereocenters. The van der Waals surface area contributed by atoms with Crippen LogP contribution in [0.1, 0.15) is 5.56 Å². The van der Waals surface area contributed by atoms with E-state index in [4.69, 9.17) is 10.5 Å². The highest BCUT2D eigenvalue weighted by molar-refractivity contribution is 8.13. The Balaban J connectivity index is 2.24. The zero-order valence-corrected chi connectivity index (χ0v) is 12.5. The van der Waals surface area contributed by atoms with E-state index >= 15 is 0 Å². The molecule has 104 valence electrons. The molecule has 0 saturated heterocycles. The van der Waals surface area contributed by atoms with E-state index in [9.17, 15) is 0 Å². The van der Waals surface area contributed by atoms with Crippen molar-refractivity contribution in [3.05, 3.63) is 54.1 Å². The predicted octanol–water partition coefficient (Wildman–Crippen LogP) is 3.54. The van der Waals surface area contributed by atoms with Crippen molar-refractivity contribution >= 4 is 16.9 Å². The number of thioether (sulfide) groups is 1. The third-order valence-corrected chi connectivity index (χ3v) is 3.50. The molecule has 2 aromatic rings. The largest absolute Gasteiger partial charge is 0.497 e. The zero-order chi connectivity index (χ0) is 14.4. The Hall–Kier alpha value is -1.94. The van der Waals surface area contributed by atoms with Gasteiger partial charge in [0.1, 0.15) is 5.75 Å². The molecule has 0 unspecified atom stereocenters. The van der Waals surface area contributed by atoms with Gasteiger partial charge in [-0.25, -0.2) is 0 Å². The average Bonchev–Trinajstić information content (AvgIpc) is 2.53. The maximum absolute atomic E-state index is 5.70. The van der Waals surface area contributed by atoms with E-state index in [0.29, 0.717) is 11.7 Å². The van der Waals surface area contributed by atoms with Gasteiger partial charge in [0.05, 0.1) is 13.7 Å². The van der Waals surface area contributed by atoms with Crippen molar-refractivity contribution < 1.29 is 4.74 Å². The van der Waals surface area contributed by atoms with Gasteiger partial charge in [-0.2, -0.15) is 0 Å². The molecule has 20 heavy (non-hydrogen) atoms. The first-order valence-electron chi connectivity index (χ1n) is 6.30. The first kappa shape index (κ1) is 14.5. The highest BCUT2D eigenvalue weighted by atomic mass is 32.2. The minimum atomic E-state index is 0.602. The monoisotopic (exact) mass is 286 g/mol. The zero-order valence-electron chi connectivity index (χ0n) is 11.7. The van der Waals surface area contributed by atoms with E-state index in [2.05, 4.69) is 29.3 Å². The maximum Gasteiger partial charge on any atom is 0.153 e. The molecule has 4 heteroatoms. The number of methoxy groups -OCH3 is 1. The Morgan fingerprint density at radius 1 is 1.15 bits per heavy atom. The summed E-state index contributed by atoms with van der Waals surface area (Å²) in [4.78, 5) is 4.31. The van der Waals surface area contributed by atoms with Crippen LogP contribution in [-0.2, 0) is 6.54 Å². The fourth-order valence-electron chi connectivity index (χ4n) is 1.89. The van der Waals surface area contributed by atoms with Crippen LogP contribution in [0.4, 0.5) is 0 Å². The molecule has 0 saturated carbocycles. The first-order valence-corrected chi connectivity index (χ1v) is 7.52. The summed E-state index contributed by atoms with van der Waals surface area (Å²) in [6.07, 6.45) is 1.92. The maximum atomic E-state index is 5.70. The lowest BCUT2D eigenvalue weighted by molar-refractivity contribution is 0.415. The second-order valence-corrected chi connectivity index (χ2v) is 5.12. The molecule has 0 amide bonds. The minimum absolute atomic E-state index is 0.602. The second kappa shape index (κ2) is 7.01. The van der Waals surface area contributed by atoms with Crippen molar-refractivity contribution in [2.45, 2.75) is 6.54 Å². The van der Waals surface area contributed by atoms with E-state index in [1.54, 1.807) is 7.11 Å². The highest BCUT2D eigenvalue weighted by Gasteiger charge is 2.01. The van der Waals surface area contributed by atoms with Crippen LogP contribution in [0.15, 0.2) is 53.5 Å². The van der Waals surface area contributed by atoms with Crippen molar-refractivity contribution in [3.63, 3.8) is 0 Å². The van der Waals surface area contributed by atoms with Gasteiger partial charge in [0.2, 0.25) is 0 Å². The number of nitrogens with zero attached hydrogens (tertiary/aromatic N) is 1. The standard InChI is InChI=1S/C16H18N2OS/c1-19-15-8-4-7-14(10-15)13-6-3-5-12(9-13)11-18-16(17)20-2/h3-10H,11H2,1-2H3,(H2,17,18). The summed E-state index contributed by atoms with van der Waals surface area (Å²) >= 11 is 1.46. The number of rotatable bonds is 4. The summed E-state index contributed by atoms with van der Waals surface area (Å²) in [7, 11) is 1.68.